The fourth-order valence-corrected chi connectivity index (χ4v) is 3.82. The first kappa shape index (κ1) is 16.9. The number of aromatic nitrogens is 2. The van der Waals surface area contributed by atoms with E-state index in [9.17, 15) is 13.6 Å². The summed E-state index contributed by atoms with van der Waals surface area (Å²) in [7, 11) is 0. The number of aromatic amines is 1. The lowest BCUT2D eigenvalue weighted by Gasteiger charge is -2.30. The molecule has 4 nitrogen and oxygen atoms in total. The highest BCUT2D eigenvalue weighted by Gasteiger charge is 2.34. The molecule has 1 fully saturated rings. The van der Waals surface area contributed by atoms with Crippen LogP contribution < -0.4 is 10.5 Å². The Morgan fingerprint density at radius 1 is 1.32 bits per heavy atom. The van der Waals surface area contributed by atoms with Crippen molar-refractivity contribution in [3.63, 3.8) is 0 Å². The van der Waals surface area contributed by atoms with Gasteiger partial charge in [-0.3, -0.25) is 4.79 Å². The van der Waals surface area contributed by atoms with Gasteiger partial charge >= 0.3 is 0 Å². The van der Waals surface area contributed by atoms with Crippen molar-refractivity contribution in [2.45, 2.75) is 26.3 Å². The standard InChI is InChI=1S/C22H17F2N3O.H2/c1-12-9-18(13-4-5-13)27(22-15(12)3-2-8-25-22)11-14-10-19(28)26-21-16(14)6-7-17(23)20(21)24;/h2-3,6-8,10,13H,4-5,11H2,1H3,(H,26,28);1H. The molecular weight excluding hydrogens is 360 g/mol. The van der Waals surface area contributed by atoms with E-state index in [-0.39, 0.29) is 6.94 Å². The van der Waals surface area contributed by atoms with Crippen molar-refractivity contribution < 1.29 is 10.2 Å². The van der Waals surface area contributed by atoms with Gasteiger partial charge in [-0.2, -0.15) is 0 Å². The summed E-state index contributed by atoms with van der Waals surface area (Å²) in [6, 6.07) is 7.91. The number of pyridine rings is 2. The molecule has 0 atom stereocenters. The van der Waals surface area contributed by atoms with Crippen LogP contribution in [0.5, 0.6) is 0 Å². The predicted molar refractivity (Wildman–Crippen MR) is 106 cm³/mol. The van der Waals surface area contributed by atoms with Crippen LogP contribution in [0.2, 0.25) is 0 Å². The van der Waals surface area contributed by atoms with E-state index in [1.54, 1.807) is 6.20 Å². The van der Waals surface area contributed by atoms with Gasteiger partial charge in [0.1, 0.15) is 5.82 Å². The van der Waals surface area contributed by atoms with Gasteiger partial charge in [0.15, 0.2) is 11.6 Å². The number of allylic oxidation sites excluding steroid dienone is 1. The van der Waals surface area contributed by atoms with E-state index in [2.05, 4.69) is 20.6 Å². The molecule has 3 heterocycles. The molecule has 5 rings (SSSR count). The normalized spacial score (nSPS) is 16.0. The number of halogens is 2. The first-order valence-electron chi connectivity index (χ1n) is 9.23. The molecule has 0 radical (unpaired) electrons. The molecule has 0 spiro atoms. The van der Waals surface area contributed by atoms with Gasteiger partial charge in [0.05, 0.1) is 17.8 Å². The van der Waals surface area contributed by atoms with E-state index < -0.39 is 17.2 Å². The van der Waals surface area contributed by atoms with Crippen molar-refractivity contribution in [3.05, 3.63) is 81.1 Å². The minimum Gasteiger partial charge on any atom is -0.319 e. The fraction of sp³-hybridized carbons (Fsp3) is 0.227. The van der Waals surface area contributed by atoms with Crippen LogP contribution in [0, 0.1) is 17.6 Å². The molecule has 3 aromatic rings. The molecule has 1 aliphatic carbocycles. The molecule has 28 heavy (non-hydrogen) atoms. The van der Waals surface area contributed by atoms with Gasteiger partial charge in [0.25, 0.3) is 0 Å². The Morgan fingerprint density at radius 3 is 2.93 bits per heavy atom. The summed E-state index contributed by atoms with van der Waals surface area (Å²) in [5.74, 6) is -0.811. The first-order chi connectivity index (χ1) is 13.5. The summed E-state index contributed by atoms with van der Waals surface area (Å²) < 4.78 is 27.9. The van der Waals surface area contributed by atoms with Gasteiger partial charge in [-0.1, -0.05) is 5.73 Å². The van der Waals surface area contributed by atoms with Crippen LogP contribution in [0.3, 0.4) is 0 Å². The minimum absolute atomic E-state index is 0. The summed E-state index contributed by atoms with van der Waals surface area (Å²) >= 11 is 0. The number of nitrogens with zero attached hydrogens (tertiary/aromatic N) is 2. The topological polar surface area (TPSA) is 49.0 Å². The third-order valence-electron chi connectivity index (χ3n) is 5.34. The maximum absolute atomic E-state index is 14.2. The molecule has 1 aromatic carbocycles. The van der Waals surface area contributed by atoms with Crippen molar-refractivity contribution in [2.24, 2.45) is 5.92 Å². The average molecular weight is 379 g/mol. The highest BCUT2D eigenvalue weighted by atomic mass is 19.2. The number of rotatable bonds is 3. The first-order valence-corrected chi connectivity index (χ1v) is 9.23. The van der Waals surface area contributed by atoms with Crippen LogP contribution in [0.4, 0.5) is 14.6 Å². The number of benzene rings is 1. The zero-order valence-corrected chi connectivity index (χ0v) is 15.2. The summed E-state index contributed by atoms with van der Waals surface area (Å²) in [6.45, 7) is 2.35. The van der Waals surface area contributed by atoms with E-state index in [0.717, 1.165) is 41.6 Å². The molecule has 2 aliphatic rings. The van der Waals surface area contributed by atoms with Crippen LogP contribution in [-0.4, -0.2) is 9.97 Å². The van der Waals surface area contributed by atoms with Crippen LogP contribution in [0.15, 0.2) is 52.8 Å². The zero-order valence-electron chi connectivity index (χ0n) is 15.2. The largest absolute Gasteiger partial charge is 0.319 e. The van der Waals surface area contributed by atoms with Crippen LogP contribution in [-0.2, 0) is 6.54 Å². The lowest BCUT2D eigenvalue weighted by molar-refractivity contribution is 0.515. The Labute approximate surface area is 161 Å². The summed E-state index contributed by atoms with van der Waals surface area (Å²) in [6.07, 6.45) is 3.91. The van der Waals surface area contributed by atoms with Crippen LogP contribution >= 0.6 is 0 Å². The summed E-state index contributed by atoms with van der Waals surface area (Å²) in [5.41, 5.74) is 6.59. The number of anilines is 1. The van der Waals surface area contributed by atoms with Gasteiger partial charge in [-0.15, -0.1) is 0 Å². The highest BCUT2D eigenvalue weighted by molar-refractivity contribution is 5.84. The molecule has 0 bridgehead atoms. The van der Waals surface area contributed by atoms with Crippen molar-refractivity contribution in [2.75, 3.05) is 4.90 Å². The van der Waals surface area contributed by atoms with E-state index >= 15 is 0 Å². The molecule has 6 heteroatoms. The molecular formula is C22H19F2N3O. The molecule has 2 aromatic heterocycles. The molecule has 1 saturated carbocycles. The van der Waals surface area contributed by atoms with Crippen molar-refractivity contribution >= 4 is 22.3 Å². The SMILES string of the molecule is CC1=C=C(C2CC2)N(Cc2cc(=O)[nH]c3c(F)c(F)ccc23)c2ncccc21.[HH]. The molecule has 1 N–H and O–H groups in total. The van der Waals surface area contributed by atoms with Crippen LogP contribution in [0.25, 0.3) is 16.5 Å². The predicted octanol–water partition coefficient (Wildman–Crippen LogP) is 4.76. The maximum atomic E-state index is 14.2. The van der Waals surface area contributed by atoms with E-state index in [1.165, 1.54) is 12.1 Å². The monoisotopic (exact) mass is 379 g/mol. The maximum Gasteiger partial charge on any atom is 0.248 e. The van der Waals surface area contributed by atoms with Gasteiger partial charge in [-0.05, 0) is 49.6 Å². The molecule has 1 aliphatic heterocycles. The lowest BCUT2D eigenvalue weighted by Crippen LogP contribution is -2.27. The molecule has 0 unspecified atom stereocenters. The summed E-state index contributed by atoms with van der Waals surface area (Å²) in [5, 5.41) is 0.484. The Hall–Kier alpha value is -3.24. The second-order valence-electron chi connectivity index (χ2n) is 7.31. The number of hydrogen-bond acceptors (Lipinski definition) is 3. The van der Waals surface area contributed by atoms with E-state index in [0.29, 0.717) is 23.4 Å². The van der Waals surface area contributed by atoms with Crippen molar-refractivity contribution in [1.82, 2.24) is 9.97 Å². The van der Waals surface area contributed by atoms with E-state index in [1.807, 2.05) is 19.1 Å². The fourth-order valence-electron chi connectivity index (χ4n) is 3.82. The second kappa shape index (κ2) is 6.14. The Kier molecular flexibility index (Phi) is 3.71. The van der Waals surface area contributed by atoms with Crippen LogP contribution in [0.1, 0.15) is 32.3 Å². The lowest BCUT2D eigenvalue weighted by atomic mass is 10.0. The zero-order chi connectivity index (χ0) is 19.4. The smallest absolute Gasteiger partial charge is 0.248 e. The number of nitrogens with one attached hydrogen (secondary N) is 1. The van der Waals surface area contributed by atoms with E-state index in [4.69, 9.17) is 0 Å². The molecule has 0 amide bonds. The Morgan fingerprint density at radius 2 is 2.14 bits per heavy atom. The van der Waals surface area contributed by atoms with Crippen molar-refractivity contribution in [3.8, 4) is 0 Å². The summed E-state index contributed by atoms with van der Waals surface area (Å²) in [4.78, 5) is 21.2. The number of H-pyrrole nitrogens is 1. The third kappa shape index (κ3) is 2.65. The van der Waals surface area contributed by atoms with Gasteiger partial charge in [-0.25, -0.2) is 13.8 Å². The second-order valence-corrected chi connectivity index (χ2v) is 7.31. The molecule has 0 saturated heterocycles. The Balaban J connectivity index is 0.00000205. The third-order valence-corrected chi connectivity index (χ3v) is 5.34. The van der Waals surface area contributed by atoms with Gasteiger partial charge < -0.3 is 9.88 Å². The average Bonchev–Trinajstić information content (AvgIpc) is 3.52. The highest BCUT2D eigenvalue weighted by Crippen LogP contribution is 2.43. The minimum atomic E-state index is -1.04. The number of fused-ring (bicyclic) bond motifs is 2. The molecule has 142 valence electrons. The van der Waals surface area contributed by atoms with Crippen molar-refractivity contribution in [1.29, 1.82) is 0 Å². The van der Waals surface area contributed by atoms with Gasteiger partial charge in [0, 0.05) is 36.1 Å². The number of hydrogen-bond donors (Lipinski definition) is 1. The Bertz CT molecular complexity index is 1260. The van der Waals surface area contributed by atoms with Gasteiger partial charge in [0.2, 0.25) is 5.56 Å². The quantitative estimate of drug-likeness (QED) is 0.668.